The molecule has 0 heterocycles. The fourth-order valence-corrected chi connectivity index (χ4v) is 4.84. The SMILES string of the molecule is S=C(Nc1ccc(OC2CCCC2)cc1)N[C@H]1C[C@@H]2CC[C@@H]1C2. The van der Waals surface area contributed by atoms with Gasteiger partial charge in [0.05, 0.1) is 6.10 Å². The number of thiocarbonyl (C=S) groups is 1. The Morgan fingerprint density at radius 1 is 1.00 bits per heavy atom. The van der Waals surface area contributed by atoms with E-state index in [-0.39, 0.29) is 0 Å². The minimum absolute atomic E-state index is 0.411. The maximum atomic E-state index is 6.00. The zero-order valence-corrected chi connectivity index (χ0v) is 14.4. The molecule has 0 aromatic heterocycles. The van der Waals surface area contributed by atoms with E-state index in [9.17, 15) is 0 Å². The van der Waals surface area contributed by atoms with Crippen molar-refractivity contribution in [1.82, 2.24) is 5.32 Å². The van der Waals surface area contributed by atoms with E-state index in [1.54, 1.807) is 0 Å². The summed E-state index contributed by atoms with van der Waals surface area (Å²) in [5.41, 5.74) is 1.03. The molecule has 0 amide bonds. The Bertz CT molecular complexity index is 553. The Hall–Kier alpha value is -1.29. The van der Waals surface area contributed by atoms with Crippen molar-refractivity contribution in [3.63, 3.8) is 0 Å². The Morgan fingerprint density at radius 2 is 1.78 bits per heavy atom. The predicted octanol–water partition coefficient (Wildman–Crippen LogP) is 4.48. The van der Waals surface area contributed by atoms with Gasteiger partial charge in [-0.3, -0.25) is 0 Å². The zero-order chi connectivity index (χ0) is 15.6. The van der Waals surface area contributed by atoms with Crippen molar-refractivity contribution in [2.24, 2.45) is 11.8 Å². The highest BCUT2D eigenvalue weighted by molar-refractivity contribution is 7.80. The molecule has 3 atom stereocenters. The highest BCUT2D eigenvalue weighted by Crippen LogP contribution is 2.44. The van der Waals surface area contributed by atoms with E-state index in [2.05, 4.69) is 22.8 Å². The first-order valence-corrected chi connectivity index (χ1v) is 9.51. The summed E-state index contributed by atoms with van der Waals surface area (Å²) in [5.74, 6) is 2.74. The molecular formula is C19H26N2OS. The molecule has 3 saturated carbocycles. The van der Waals surface area contributed by atoms with Gasteiger partial charge in [0.15, 0.2) is 5.11 Å². The number of benzene rings is 1. The van der Waals surface area contributed by atoms with Crippen molar-refractivity contribution in [2.75, 3.05) is 5.32 Å². The van der Waals surface area contributed by atoms with Gasteiger partial charge in [-0.25, -0.2) is 0 Å². The van der Waals surface area contributed by atoms with E-state index in [1.807, 2.05) is 12.1 Å². The second kappa shape index (κ2) is 6.68. The third-order valence-corrected chi connectivity index (χ3v) is 5.99. The Kier molecular flexibility index (Phi) is 4.43. The molecule has 4 rings (SSSR count). The van der Waals surface area contributed by atoms with Crippen LogP contribution in [0.25, 0.3) is 0 Å². The van der Waals surface area contributed by atoms with Gasteiger partial charge in [-0.1, -0.05) is 6.42 Å². The van der Waals surface area contributed by atoms with Crippen molar-refractivity contribution < 1.29 is 4.74 Å². The molecule has 0 saturated heterocycles. The molecule has 4 heteroatoms. The number of ether oxygens (including phenoxy) is 1. The first-order valence-electron chi connectivity index (χ1n) is 9.10. The second-order valence-electron chi connectivity index (χ2n) is 7.43. The Balaban J connectivity index is 1.27. The maximum Gasteiger partial charge on any atom is 0.171 e. The lowest BCUT2D eigenvalue weighted by Gasteiger charge is -2.24. The average molecular weight is 330 g/mol. The lowest BCUT2D eigenvalue weighted by atomic mass is 9.96. The molecule has 2 bridgehead atoms. The summed E-state index contributed by atoms with van der Waals surface area (Å²) in [5, 5.41) is 7.59. The number of nitrogens with one attached hydrogen (secondary N) is 2. The van der Waals surface area contributed by atoms with Crippen LogP contribution >= 0.6 is 12.2 Å². The van der Waals surface area contributed by atoms with Crippen LogP contribution < -0.4 is 15.4 Å². The van der Waals surface area contributed by atoms with Gasteiger partial charge in [-0.15, -0.1) is 0 Å². The summed E-state index contributed by atoms with van der Waals surface area (Å²) in [4.78, 5) is 0. The lowest BCUT2D eigenvalue weighted by molar-refractivity contribution is 0.210. The van der Waals surface area contributed by atoms with Gasteiger partial charge in [0.1, 0.15) is 5.75 Å². The normalized spacial score (nSPS) is 29.7. The number of hydrogen-bond acceptors (Lipinski definition) is 2. The van der Waals surface area contributed by atoms with Crippen LogP contribution in [0.4, 0.5) is 5.69 Å². The van der Waals surface area contributed by atoms with E-state index in [0.29, 0.717) is 12.1 Å². The van der Waals surface area contributed by atoms with Crippen LogP contribution in [0, 0.1) is 11.8 Å². The lowest BCUT2D eigenvalue weighted by Crippen LogP contribution is -2.40. The molecule has 2 N–H and O–H groups in total. The molecule has 3 nitrogen and oxygen atoms in total. The van der Waals surface area contributed by atoms with Gasteiger partial charge >= 0.3 is 0 Å². The van der Waals surface area contributed by atoms with Crippen LogP contribution in [0.5, 0.6) is 5.75 Å². The van der Waals surface area contributed by atoms with Crippen LogP contribution in [0.15, 0.2) is 24.3 Å². The predicted molar refractivity (Wildman–Crippen MR) is 97.9 cm³/mol. The summed E-state index contributed by atoms with van der Waals surface area (Å²) in [6, 6.07) is 8.78. The van der Waals surface area contributed by atoms with Crippen molar-refractivity contribution in [3.05, 3.63) is 24.3 Å². The van der Waals surface area contributed by atoms with Crippen molar-refractivity contribution >= 4 is 23.0 Å². The zero-order valence-electron chi connectivity index (χ0n) is 13.6. The summed E-state index contributed by atoms with van der Waals surface area (Å²) in [6.45, 7) is 0. The fourth-order valence-electron chi connectivity index (χ4n) is 4.57. The van der Waals surface area contributed by atoms with Crippen LogP contribution in [0.3, 0.4) is 0 Å². The largest absolute Gasteiger partial charge is 0.490 e. The van der Waals surface area contributed by atoms with E-state index in [0.717, 1.165) is 28.4 Å². The molecule has 1 aromatic carbocycles. The molecule has 3 fully saturated rings. The van der Waals surface area contributed by atoms with Crippen LogP contribution in [0.1, 0.15) is 51.4 Å². The van der Waals surface area contributed by atoms with E-state index >= 15 is 0 Å². The van der Waals surface area contributed by atoms with E-state index in [4.69, 9.17) is 17.0 Å². The number of anilines is 1. The van der Waals surface area contributed by atoms with Gasteiger partial charge in [-0.2, -0.15) is 0 Å². The highest BCUT2D eigenvalue weighted by Gasteiger charge is 2.39. The topological polar surface area (TPSA) is 33.3 Å². The van der Waals surface area contributed by atoms with Crippen LogP contribution in [0.2, 0.25) is 0 Å². The molecule has 1 aromatic rings. The van der Waals surface area contributed by atoms with Crippen molar-refractivity contribution in [2.45, 2.75) is 63.5 Å². The maximum absolute atomic E-state index is 6.00. The molecule has 0 aliphatic heterocycles. The molecule has 124 valence electrons. The third-order valence-electron chi connectivity index (χ3n) is 5.77. The number of hydrogen-bond donors (Lipinski definition) is 2. The van der Waals surface area contributed by atoms with Gasteiger partial charge < -0.3 is 15.4 Å². The summed E-state index contributed by atoms with van der Waals surface area (Å²) < 4.78 is 6.00. The number of rotatable bonds is 4. The summed E-state index contributed by atoms with van der Waals surface area (Å²) in [7, 11) is 0. The van der Waals surface area contributed by atoms with Crippen LogP contribution in [-0.2, 0) is 0 Å². The van der Waals surface area contributed by atoms with Gasteiger partial charge in [-0.05, 0) is 93.3 Å². The quantitative estimate of drug-likeness (QED) is 0.797. The first kappa shape index (κ1) is 15.3. The molecule has 0 radical (unpaired) electrons. The summed E-state index contributed by atoms with van der Waals surface area (Å²) in [6.07, 6.45) is 10.9. The molecule has 0 spiro atoms. The molecule has 23 heavy (non-hydrogen) atoms. The minimum Gasteiger partial charge on any atom is -0.490 e. The van der Waals surface area contributed by atoms with Gasteiger partial charge in [0.2, 0.25) is 0 Å². The smallest absolute Gasteiger partial charge is 0.171 e. The monoisotopic (exact) mass is 330 g/mol. The Morgan fingerprint density at radius 3 is 2.43 bits per heavy atom. The molecule has 0 unspecified atom stereocenters. The summed E-state index contributed by atoms with van der Waals surface area (Å²) >= 11 is 5.48. The molecular weight excluding hydrogens is 304 g/mol. The van der Waals surface area contributed by atoms with E-state index < -0.39 is 0 Å². The van der Waals surface area contributed by atoms with Crippen LogP contribution in [-0.4, -0.2) is 17.3 Å². The Labute approximate surface area is 144 Å². The van der Waals surface area contributed by atoms with Crippen molar-refractivity contribution in [3.8, 4) is 5.75 Å². The molecule has 3 aliphatic carbocycles. The second-order valence-corrected chi connectivity index (χ2v) is 7.84. The fraction of sp³-hybridized carbons (Fsp3) is 0.632. The van der Waals surface area contributed by atoms with E-state index in [1.165, 1.54) is 51.4 Å². The first-order chi connectivity index (χ1) is 11.3. The average Bonchev–Trinajstić information content (AvgIpc) is 3.27. The highest BCUT2D eigenvalue weighted by atomic mass is 32.1. The van der Waals surface area contributed by atoms with Crippen molar-refractivity contribution in [1.29, 1.82) is 0 Å². The third kappa shape index (κ3) is 3.63. The number of fused-ring (bicyclic) bond motifs is 2. The molecule has 3 aliphatic rings. The standard InChI is InChI=1S/C19H26N2OS/c23-19(21-18-12-13-5-6-14(18)11-13)20-15-7-9-17(10-8-15)22-16-3-1-2-4-16/h7-10,13-14,16,18H,1-6,11-12H2,(H2,20,21,23)/t13-,14-,18+/m1/s1. The van der Waals surface area contributed by atoms with Gasteiger partial charge in [0.25, 0.3) is 0 Å². The van der Waals surface area contributed by atoms with Gasteiger partial charge in [0, 0.05) is 11.7 Å². The minimum atomic E-state index is 0.411.